The second-order valence-corrected chi connectivity index (χ2v) is 5.34. The van der Waals surface area contributed by atoms with Crippen LogP contribution in [0, 0.1) is 5.21 Å². The van der Waals surface area contributed by atoms with Crippen molar-refractivity contribution in [3.8, 4) is 0 Å². The third-order valence-electron chi connectivity index (χ3n) is 3.38. The van der Waals surface area contributed by atoms with Crippen molar-refractivity contribution in [2.45, 2.75) is 84.0 Å². The summed E-state index contributed by atoms with van der Waals surface area (Å²) in [5.41, 5.74) is 0. The van der Waals surface area contributed by atoms with Gasteiger partial charge in [-0.15, -0.1) is 0 Å². The maximum absolute atomic E-state index is 10.7. The van der Waals surface area contributed by atoms with Gasteiger partial charge in [-0.25, -0.2) is 0 Å². The zero-order chi connectivity index (χ0) is 12.8. The van der Waals surface area contributed by atoms with E-state index in [4.69, 9.17) is 0 Å². The Balaban J connectivity index is 2.89. The molecule has 0 aliphatic heterocycles. The fourth-order valence-electron chi connectivity index (χ4n) is 2.21. The molecule has 0 saturated heterocycles. The second-order valence-electron chi connectivity index (χ2n) is 5.34. The summed E-state index contributed by atoms with van der Waals surface area (Å²) in [5.74, 6) is 0. The van der Waals surface area contributed by atoms with Crippen LogP contribution in [0.5, 0.6) is 0 Å². The van der Waals surface area contributed by atoms with Crippen LogP contribution in [0.2, 0.25) is 0 Å². The van der Waals surface area contributed by atoms with Gasteiger partial charge in [0.15, 0.2) is 0 Å². The average Bonchev–Trinajstić information content (AvgIpc) is 2.30. The van der Waals surface area contributed by atoms with Crippen molar-refractivity contribution in [3.63, 3.8) is 0 Å². The quantitative estimate of drug-likeness (QED) is 0.387. The highest BCUT2D eigenvalue weighted by molar-refractivity contribution is 4.48. The summed E-state index contributed by atoms with van der Waals surface area (Å²) < 4.78 is 0. The Kier molecular flexibility index (Phi) is 13.9. The van der Waals surface area contributed by atoms with E-state index in [0.717, 1.165) is 13.0 Å². The van der Waals surface area contributed by atoms with Crippen LogP contribution in [-0.4, -0.2) is 13.6 Å². The van der Waals surface area contributed by atoms with Gasteiger partial charge in [0, 0.05) is 0 Å². The Hall–Kier alpha value is -0.0800. The van der Waals surface area contributed by atoms with E-state index in [1.54, 1.807) is 7.05 Å². The van der Waals surface area contributed by atoms with Gasteiger partial charge < -0.3 is 10.3 Å². The van der Waals surface area contributed by atoms with Crippen molar-refractivity contribution >= 4 is 0 Å². The van der Waals surface area contributed by atoms with Crippen molar-refractivity contribution in [2.24, 2.45) is 0 Å². The van der Waals surface area contributed by atoms with Gasteiger partial charge in [-0.05, 0) is 12.8 Å². The maximum Gasteiger partial charge on any atom is 0.0766 e. The van der Waals surface area contributed by atoms with Crippen LogP contribution >= 0.6 is 0 Å². The minimum Gasteiger partial charge on any atom is -0.634 e. The Morgan fingerprint density at radius 3 is 1.35 bits per heavy atom. The summed E-state index contributed by atoms with van der Waals surface area (Å²) >= 11 is 0. The van der Waals surface area contributed by atoms with Crippen molar-refractivity contribution in [1.29, 1.82) is 0 Å². The molecule has 0 aromatic rings. The predicted molar refractivity (Wildman–Crippen MR) is 76.2 cm³/mol. The third-order valence-corrected chi connectivity index (χ3v) is 3.38. The molecule has 2 nitrogen and oxygen atoms in total. The fourth-order valence-corrected chi connectivity index (χ4v) is 2.21. The van der Waals surface area contributed by atoms with Crippen LogP contribution in [0.1, 0.15) is 84.0 Å². The van der Waals surface area contributed by atoms with Crippen LogP contribution in [0.15, 0.2) is 0 Å². The number of unbranched alkanes of at least 4 members (excludes halogenated alkanes) is 11. The van der Waals surface area contributed by atoms with Gasteiger partial charge in [0.2, 0.25) is 0 Å². The van der Waals surface area contributed by atoms with E-state index < -0.39 is 0 Å². The minimum atomic E-state index is 0.345. The van der Waals surface area contributed by atoms with E-state index in [2.05, 4.69) is 6.92 Å². The first-order chi connectivity index (χ1) is 8.27. The lowest BCUT2D eigenvalue weighted by atomic mass is 10.1. The largest absolute Gasteiger partial charge is 0.634 e. The zero-order valence-electron chi connectivity index (χ0n) is 12.1. The number of nitrogens with one attached hydrogen (secondary N) is 1. The Morgan fingerprint density at radius 2 is 1.00 bits per heavy atom. The molecule has 0 aliphatic rings. The molecule has 0 radical (unpaired) electrons. The topological polar surface area (TPSA) is 27.5 Å². The normalized spacial score (nSPS) is 12.9. The number of hydrogen-bond donors (Lipinski definition) is 1. The molecule has 2 heteroatoms. The second kappa shape index (κ2) is 14.0. The summed E-state index contributed by atoms with van der Waals surface area (Å²) in [6.07, 6.45) is 16.3. The Morgan fingerprint density at radius 1 is 0.647 bits per heavy atom. The molecule has 0 aliphatic carbocycles. The van der Waals surface area contributed by atoms with Crippen LogP contribution in [0.4, 0.5) is 0 Å². The summed E-state index contributed by atoms with van der Waals surface area (Å²) in [7, 11) is 1.69. The van der Waals surface area contributed by atoms with Gasteiger partial charge in [0.25, 0.3) is 0 Å². The van der Waals surface area contributed by atoms with Crippen molar-refractivity contribution < 1.29 is 5.06 Å². The van der Waals surface area contributed by atoms with Crippen LogP contribution in [0.25, 0.3) is 0 Å². The van der Waals surface area contributed by atoms with Gasteiger partial charge >= 0.3 is 0 Å². The maximum atomic E-state index is 10.7. The zero-order valence-corrected chi connectivity index (χ0v) is 12.1. The van der Waals surface area contributed by atoms with Gasteiger partial charge in [0.05, 0.1) is 13.6 Å². The van der Waals surface area contributed by atoms with Crippen molar-refractivity contribution in [2.75, 3.05) is 13.6 Å². The lowest BCUT2D eigenvalue weighted by molar-refractivity contribution is -0.826. The van der Waals surface area contributed by atoms with Gasteiger partial charge in [-0.3, -0.25) is 0 Å². The van der Waals surface area contributed by atoms with Crippen molar-refractivity contribution in [3.05, 3.63) is 5.21 Å². The molecule has 0 bridgehead atoms. The molecule has 0 rings (SSSR count). The first-order valence-electron chi connectivity index (χ1n) is 7.76. The summed E-state index contributed by atoms with van der Waals surface area (Å²) in [5, 5.41) is 11.1. The van der Waals surface area contributed by atoms with Gasteiger partial charge in [-0.1, -0.05) is 71.1 Å². The molecule has 0 heterocycles. The van der Waals surface area contributed by atoms with E-state index in [0.29, 0.717) is 5.06 Å². The molecule has 1 unspecified atom stereocenters. The van der Waals surface area contributed by atoms with Gasteiger partial charge in [0.1, 0.15) is 0 Å². The smallest absolute Gasteiger partial charge is 0.0766 e. The molecule has 1 N–H and O–H groups in total. The minimum absolute atomic E-state index is 0.345. The molecule has 0 spiro atoms. The summed E-state index contributed by atoms with van der Waals surface area (Å²) in [6, 6.07) is 0. The molecule has 0 fully saturated rings. The highest BCUT2D eigenvalue weighted by atomic mass is 16.5. The van der Waals surface area contributed by atoms with Crippen LogP contribution in [-0.2, 0) is 0 Å². The number of hydroxylamine groups is 2. The van der Waals surface area contributed by atoms with Crippen LogP contribution < -0.4 is 5.06 Å². The highest BCUT2D eigenvalue weighted by Crippen LogP contribution is 2.11. The highest BCUT2D eigenvalue weighted by Gasteiger charge is 1.94. The fraction of sp³-hybridized carbons (Fsp3) is 1.00. The first-order valence-corrected chi connectivity index (χ1v) is 7.76. The molecule has 0 aromatic heterocycles. The monoisotopic (exact) mass is 243 g/mol. The molecular weight excluding hydrogens is 210 g/mol. The molecule has 0 amide bonds. The number of hydrogen-bond acceptors (Lipinski definition) is 1. The lowest BCUT2D eigenvalue weighted by Crippen LogP contribution is -3.03. The molecule has 104 valence electrons. The third kappa shape index (κ3) is 15.9. The molecule has 0 aromatic carbocycles. The van der Waals surface area contributed by atoms with Gasteiger partial charge in [-0.2, -0.15) is 0 Å². The molecule has 17 heavy (non-hydrogen) atoms. The van der Waals surface area contributed by atoms with E-state index in [1.807, 2.05) is 0 Å². The SMILES string of the molecule is CCCCCCCCCCCCCC[NH+](C)[O-]. The average molecular weight is 243 g/mol. The lowest BCUT2D eigenvalue weighted by Gasteiger charge is -2.15. The number of quaternary nitrogens is 1. The van der Waals surface area contributed by atoms with Crippen molar-refractivity contribution in [1.82, 2.24) is 0 Å². The standard InChI is InChI=1S/C15H33NO/c1-3-4-5-6-7-8-9-10-11-12-13-14-15-16(2)17/h16H,3-15H2,1-2H3. The van der Waals surface area contributed by atoms with E-state index >= 15 is 0 Å². The van der Waals surface area contributed by atoms with E-state index in [9.17, 15) is 5.21 Å². The predicted octanol–water partition coefficient (Wildman–Crippen LogP) is 3.70. The van der Waals surface area contributed by atoms with E-state index in [1.165, 1.54) is 70.6 Å². The Bertz CT molecular complexity index is 137. The molecule has 1 atom stereocenters. The Labute approximate surface area is 108 Å². The molecular formula is C15H33NO. The molecule has 0 saturated carbocycles. The van der Waals surface area contributed by atoms with Crippen LogP contribution in [0.3, 0.4) is 0 Å². The summed E-state index contributed by atoms with van der Waals surface area (Å²) in [6.45, 7) is 3.06. The summed E-state index contributed by atoms with van der Waals surface area (Å²) in [4.78, 5) is 0. The first kappa shape index (κ1) is 16.9. The van der Waals surface area contributed by atoms with E-state index in [-0.39, 0.29) is 0 Å². The number of rotatable bonds is 13.